The van der Waals surface area contributed by atoms with Gasteiger partial charge >= 0.3 is 6.18 Å². The molecular formula is C12H12BrF3N2O. The number of halogens is 4. The third-order valence-electron chi connectivity index (χ3n) is 3.18. The van der Waals surface area contributed by atoms with Gasteiger partial charge in [-0.15, -0.1) is 0 Å². The van der Waals surface area contributed by atoms with E-state index < -0.39 is 23.2 Å². The summed E-state index contributed by atoms with van der Waals surface area (Å²) in [4.78, 5) is 11.9. The maximum Gasteiger partial charge on any atom is 0.416 e. The predicted octanol–water partition coefficient (Wildman–Crippen LogP) is 3.29. The van der Waals surface area contributed by atoms with Crippen molar-refractivity contribution in [3.05, 3.63) is 28.2 Å². The van der Waals surface area contributed by atoms with Crippen molar-refractivity contribution in [3.8, 4) is 0 Å². The smallest absolute Gasteiger partial charge is 0.324 e. The van der Waals surface area contributed by atoms with Gasteiger partial charge in [0.1, 0.15) is 0 Å². The number of carbonyl (C=O) groups is 1. The molecule has 1 aromatic carbocycles. The van der Waals surface area contributed by atoms with Crippen molar-refractivity contribution < 1.29 is 18.0 Å². The van der Waals surface area contributed by atoms with Gasteiger partial charge in [0.2, 0.25) is 5.91 Å². The monoisotopic (exact) mass is 336 g/mol. The normalized spacial score (nSPS) is 17.7. The van der Waals surface area contributed by atoms with E-state index in [0.717, 1.165) is 18.6 Å². The lowest BCUT2D eigenvalue weighted by Crippen LogP contribution is -2.56. The zero-order valence-electron chi connectivity index (χ0n) is 9.85. The Morgan fingerprint density at radius 3 is 2.42 bits per heavy atom. The minimum atomic E-state index is -4.46. The third kappa shape index (κ3) is 3.09. The van der Waals surface area contributed by atoms with Crippen LogP contribution < -0.4 is 11.1 Å². The van der Waals surface area contributed by atoms with Crippen molar-refractivity contribution in [1.82, 2.24) is 0 Å². The summed E-state index contributed by atoms with van der Waals surface area (Å²) in [6.45, 7) is 0. The van der Waals surface area contributed by atoms with E-state index in [4.69, 9.17) is 5.73 Å². The molecule has 1 aliphatic rings. The van der Waals surface area contributed by atoms with Gasteiger partial charge in [-0.3, -0.25) is 4.79 Å². The minimum Gasteiger partial charge on any atom is -0.324 e. The van der Waals surface area contributed by atoms with Gasteiger partial charge in [-0.1, -0.05) is 15.9 Å². The summed E-state index contributed by atoms with van der Waals surface area (Å²) in [6.07, 6.45) is -2.49. The van der Waals surface area contributed by atoms with Crippen molar-refractivity contribution in [1.29, 1.82) is 0 Å². The molecule has 0 spiro atoms. The van der Waals surface area contributed by atoms with Gasteiger partial charge in [-0.2, -0.15) is 13.2 Å². The maximum atomic E-state index is 12.6. The summed E-state index contributed by atoms with van der Waals surface area (Å²) >= 11 is 2.99. The predicted molar refractivity (Wildman–Crippen MR) is 68.5 cm³/mol. The summed E-state index contributed by atoms with van der Waals surface area (Å²) < 4.78 is 38.2. The zero-order valence-corrected chi connectivity index (χ0v) is 11.4. The van der Waals surface area contributed by atoms with Crippen LogP contribution in [-0.2, 0) is 11.0 Å². The molecule has 19 heavy (non-hydrogen) atoms. The molecule has 0 heterocycles. The number of rotatable bonds is 2. The maximum absolute atomic E-state index is 12.6. The van der Waals surface area contributed by atoms with Gasteiger partial charge in [-0.25, -0.2) is 0 Å². The number of nitrogens with two attached hydrogens (primary N) is 1. The number of amides is 1. The van der Waals surface area contributed by atoms with E-state index in [9.17, 15) is 18.0 Å². The van der Waals surface area contributed by atoms with E-state index >= 15 is 0 Å². The highest BCUT2D eigenvalue weighted by molar-refractivity contribution is 9.10. The average Bonchev–Trinajstić information content (AvgIpc) is 2.23. The van der Waals surface area contributed by atoms with Crippen LogP contribution in [-0.4, -0.2) is 11.4 Å². The van der Waals surface area contributed by atoms with E-state index in [-0.39, 0.29) is 10.2 Å². The molecule has 1 amide bonds. The van der Waals surface area contributed by atoms with Crippen LogP contribution in [0.1, 0.15) is 24.8 Å². The van der Waals surface area contributed by atoms with E-state index in [1.807, 2.05) is 0 Å². The second-order valence-electron chi connectivity index (χ2n) is 4.69. The van der Waals surface area contributed by atoms with Gasteiger partial charge in [-0.05, 0) is 37.5 Å². The molecular weight excluding hydrogens is 325 g/mol. The van der Waals surface area contributed by atoms with E-state index in [0.29, 0.717) is 12.8 Å². The molecule has 0 bridgehead atoms. The fourth-order valence-corrected chi connectivity index (χ4v) is 2.36. The number of hydrogen-bond donors (Lipinski definition) is 2. The first-order chi connectivity index (χ1) is 8.71. The Morgan fingerprint density at radius 1 is 1.32 bits per heavy atom. The minimum absolute atomic E-state index is 0.0865. The second-order valence-corrected chi connectivity index (χ2v) is 5.61. The van der Waals surface area contributed by atoms with E-state index in [2.05, 4.69) is 21.2 Å². The molecule has 1 aliphatic carbocycles. The number of hydrogen-bond acceptors (Lipinski definition) is 2. The van der Waals surface area contributed by atoms with Crippen LogP contribution in [0.4, 0.5) is 18.9 Å². The van der Waals surface area contributed by atoms with Crippen LogP contribution >= 0.6 is 15.9 Å². The molecule has 1 fully saturated rings. The number of carbonyl (C=O) groups excluding carboxylic acids is 1. The fraction of sp³-hybridized carbons (Fsp3) is 0.417. The van der Waals surface area contributed by atoms with Crippen molar-refractivity contribution in [2.24, 2.45) is 5.73 Å². The van der Waals surface area contributed by atoms with Crippen molar-refractivity contribution >= 4 is 27.5 Å². The molecule has 3 N–H and O–H groups in total. The van der Waals surface area contributed by atoms with Crippen molar-refractivity contribution in [2.45, 2.75) is 31.0 Å². The quantitative estimate of drug-likeness (QED) is 0.870. The molecule has 1 saturated carbocycles. The summed E-state index contributed by atoms with van der Waals surface area (Å²) in [5.41, 5.74) is 4.13. The van der Waals surface area contributed by atoms with E-state index in [1.54, 1.807) is 0 Å². The lowest BCUT2D eigenvalue weighted by atomic mass is 9.77. The highest BCUT2D eigenvalue weighted by atomic mass is 79.9. The Bertz CT molecular complexity index is 512. The van der Waals surface area contributed by atoms with Crippen molar-refractivity contribution in [2.75, 3.05) is 5.32 Å². The SMILES string of the molecule is NC1(C(=O)Nc2cc(Br)cc(C(F)(F)F)c2)CCC1. The number of benzene rings is 1. The van der Waals surface area contributed by atoms with Crippen LogP contribution in [0.2, 0.25) is 0 Å². The standard InChI is InChI=1S/C12H12BrF3N2O/c13-8-4-7(12(14,15)16)5-9(6-8)18-10(19)11(17)2-1-3-11/h4-6H,1-3,17H2,(H,18,19). The Hall–Kier alpha value is -1.08. The first kappa shape index (κ1) is 14.3. The van der Waals surface area contributed by atoms with Gasteiger partial charge in [0.05, 0.1) is 11.1 Å². The molecule has 0 saturated heterocycles. The number of anilines is 1. The molecule has 3 nitrogen and oxygen atoms in total. The Morgan fingerprint density at radius 2 is 1.95 bits per heavy atom. The van der Waals surface area contributed by atoms with Gasteiger partial charge in [0.15, 0.2) is 0 Å². The Labute approximate surface area is 116 Å². The Kier molecular flexibility index (Phi) is 3.61. The van der Waals surface area contributed by atoms with Crippen LogP contribution in [0.3, 0.4) is 0 Å². The third-order valence-corrected chi connectivity index (χ3v) is 3.64. The fourth-order valence-electron chi connectivity index (χ4n) is 1.87. The highest BCUT2D eigenvalue weighted by Crippen LogP contribution is 2.34. The molecule has 104 valence electrons. The molecule has 1 aromatic rings. The molecule has 0 aliphatic heterocycles. The molecule has 7 heteroatoms. The highest BCUT2D eigenvalue weighted by Gasteiger charge is 2.40. The average molecular weight is 337 g/mol. The van der Waals surface area contributed by atoms with Crippen molar-refractivity contribution in [3.63, 3.8) is 0 Å². The van der Waals surface area contributed by atoms with Crippen LogP contribution in [0, 0.1) is 0 Å². The zero-order chi connectivity index (χ0) is 14.3. The Balaban J connectivity index is 2.21. The molecule has 0 atom stereocenters. The van der Waals surface area contributed by atoms with E-state index in [1.165, 1.54) is 6.07 Å². The molecule has 0 radical (unpaired) electrons. The first-order valence-electron chi connectivity index (χ1n) is 5.69. The first-order valence-corrected chi connectivity index (χ1v) is 6.48. The number of alkyl halides is 3. The molecule has 0 aromatic heterocycles. The second kappa shape index (κ2) is 4.79. The summed E-state index contributed by atoms with van der Waals surface area (Å²) in [5.74, 6) is -0.440. The largest absolute Gasteiger partial charge is 0.416 e. The summed E-state index contributed by atoms with van der Waals surface area (Å²) in [6, 6.07) is 3.26. The summed E-state index contributed by atoms with van der Waals surface area (Å²) in [5, 5.41) is 2.44. The summed E-state index contributed by atoms with van der Waals surface area (Å²) in [7, 11) is 0. The topological polar surface area (TPSA) is 55.1 Å². The van der Waals surface area contributed by atoms with Crippen LogP contribution in [0.15, 0.2) is 22.7 Å². The van der Waals surface area contributed by atoms with Crippen LogP contribution in [0.25, 0.3) is 0 Å². The van der Waals surface area contributed by atoms with Crippen LogP contribution in [0.5, 0.6) is 0 Å². The molecule has 2 rings (SSSR count). The van der Waals surface area contributed by atoms with Gasteiger partial charge in [0, 0.05) is 10.2 Å². The van der Waals surface area contributed by atoms with Gasteiger partial charge < -0.3 is 11.1 Å². The number of nitrogens with one attached hydrogen (secondary N) is 1. The molecule has 0 unspecified atom stereocenters. The lowest BCUT2D eigenvalue weighted by molar-refractivity contribution is -0.137. The van der Waals surface area contributed by atoms with Gasteiger partial charge in [0.25, 0.3) is 0 Å². The lowest BCUT2D eigenvalue weighted by Gasteiger charge is -2.36.